The Morgan fingerprint density at radius 2 is 1.90 bits per heavy atom. The van der Waals surface area contributed by atoms with Crippen LogP contribution in [0.1, 0.15) is 25.3 Å². The maximum Gasteiger partial charge on any atom is 0.573 e. The number of halogens is 3. The minimum absolute atomic E-state index is 0.176. The van der Waals surface area contributed by atoms with Crippen LogP contribution in [0.2, 0.25) is 0 Å². The maximum absolute atomic E-state index is 12.1. The number of ether oxygens (including phenoxy) is 1. The first kappa shape index (κ1) is 14.9. The molecule has 1 aromatic rings. The van der Waals surface area contributed by atoms with Crippen LogP contribution in [0.3, 0.4) is 0 Å². The predicted octanol–water partition coefficient (Wildman–Crippen LogP) is 4.08. The molecule has 0 fully saturated rings. The average molecular weight is 285 g/mol. The van der Waals surface area contributed by atoms with Crippen molar-refractivity contribution in [2.75, 3.05) is 19.6 Å². The molecule has 0 amide bonds. The van der Waals surface area contributed by atoms with E-state index in [0.717, 1.165) is 38.0 Å². The number of hydrogen-bond donors (Lipinski definition) is 0. The zero-order valence-electron chi connectivity index (χ0n) is 11.4. The van der Waals surface area contributed by atoms with Gasteiger partial charge >= 0.3 is 6.36 Å². The molecule has 0 saturated carbocycles. The molecule has 20 heavy (non-hydrogen) atoms. The molecule has 0 atom stereocenters. The van der Waals surface area contributed by atoms with Crippen LogP contribution in [0.5, 0.6) is 5.75 Å². The molecule has 1 aliphatic rings. The zero-order chi connectivity index (χ0) is 14.6. The molecule has 0 unspecified atom stereocenters. The Kier molecular flexibility index (Phi) is 4.70. The van der Waals surface area contributed by atoms with Crippen molar-refractivity contribution < 1.29 is 17.9 Å². The third kappa shape index (κ3) is 4.27. The van der Waals surface area contributed by atoms with E-state index in [9.17, 15) is 13.2 Å². The number of benzene rings is 1. The Labute approximate surface area is 116 Å². The Balaban J connectivity index is 2.00. The van der Waals surface area contributed by atoms with Crippen molar-refractivity contribution in [1.29, 1.82) is 0 Å². The summed E-state index contributed by atoms with van der Waals surface area (Å²) in [5.74, 6) is -0.176. The van der Waals surface area contributed by atoms with Gasteiger partial charge in [-0.3, -0.25) is 4.90 Å². The molecule has 5 heteroatoms. The van der Waals surface area contributed by atoms with Crippen molar-refractivity contribution in [2.45, 2.75) is 26.1 Å². The summed E-state index contributed by atoms with van der Waals surface area (Å²) < 4.78 is 40.1. The normalized spacial score (nSPS) is 16.9. The van der Waals surface area contributed by atoms with Crippen LogP contribution in [0.15, 0.2) is 30.3 Å². The van der Waals surface area contributed by atoms with Gasteiger partial charge in [-0.05, 0) is 42.7 Å². The Morgan fingerprint density at radius 1 is 1.20 bits per heavy atom. The van der Waals surface area contributed by atoms with E-state index in [1.165, 1.54) is 17.7 Å². The first-order chi connectivity index (χ1) is 9.48. The van der Waals surface area contributed by atoms with Crippen molar-refractivity contribution in [3.05, 3.63) is 35.9 Å². The van der Waals surface area contributed by atoms with Gasteiger partial charge in [0.15, 0.2) is 0 Å². The predicted molar refractivity (Wildman–Crippen MR) is 72.5 cm³/mol. The van der Waals surface area contributed by atoms with Gasteiger partial charge in [0.1, 0.15) is 5.75 Å². The van der Waals surface area contributed by atoms with E-state index in [1.807, 2.05) is 0 Å². The van der Waals surface area contributed by atoms with Gasteiger partial charge in [-0.15, -0.1) is 13.2 Å². The summed E-state index contributed by atoms with van der Waals surface area (Å²) >= 11 is 0. The number of rotatable bonds is 4. The van der Waals surface area contributed by atoms with Crippen molar-refractivity contribution >= 4 is 5.57 Å². The minimum atomic E-state index is -4.63. The van der Waals surface area contributed by atoms with E-state index < -0.39 is 6.36 Å². The molecule has 0 bridgehead atoms. The molecule has 1 aromatic carbocycles. The highest BCUT2D eigenvalue weighted by Crippen LogP contribution is 2.27. The molecular weight excluding hydrogens is 267 g/mol. The largest absolute Gasteiger partial charge is 0.573 e. The summed E-state index contributed by atoms with van der Waals surface area (Å²) in [7, 11) is 0. The van der Waals surface area contributed by atoms with Crippen molar-refractivity contribution in [2.24, 2.45) is 0 Å². The summed E-state index contributed by atoms with van der Waals surface area (Å²) in [6, 6.07) is 6.09. The Morgan fingerprint density at radius 3 is 2.40 bits per heavy atom. The second-order valence-corrected chi connectivity index (χ2v) is 4.85. The molecular formula is C15H18F3NO. The van der Waals surface area contributed by atoms with Gasteiger partial charge in [0.05, 0.1) is 0 Å². The first-order valence-electron chi connectivity index (χ1n) is 6.75. The van der Waals surface area contributed by atoms with Gasteiger partial charge in [-0.2, -0.15) is 0 Å². The molecule has 110 valence electrons. The number of hydrogen-bond acceptors (Lipinski definition) is 2. The molecule has 0 saturated heterocycles. The molecule has 2 nitrogen and oxygen atoms in total. The van der Waals surface area contributed by atoms with Crippen molar-refractivity contribution in [1.82, 2.24) is 4.90 Å². The van der Waals surface area contributed by atoms with Gasteiger partial charge in [-0.25, -0.2) is 0 Å². The molecule has 0 spiro atoms. The summed E-state index contributed by atoms with van der Waals surface area (Å²) in [5, 5.41) is 0. The fourth-order valence-electron chi connectivity index (χ4n) is 2.36. The summed E-state index contributed by atoms with van der Waals surface area (Å²) in [5.41, 5.74) is 2.16. The van der Waals surface area contributed by atoms with Gasteiger partial charge in [0, 0.05) is 13.1 Å². The van der Waals surface area contributed by atoms with Crippen LogP contribution < -0.4 is 4.74 Å². The number of nitrogens with zero attached hydrogens (tertiary/aromatic N) is 1. The minimum Gasteiger partial charge on any atom is -0.406 e. The van der Waals surface area contributed by atoms with Gasteiger partial charge in [-0.1, -0.05) is 25.1 Å². The summed E-state index contributed by atoms with van der Waals surface area (Å²) in [4.78, 5) is 2.37. The lowest BCUT2D eigenvalue weighted by atomic mass is 9.99. The highest BCUT2D eigenvalue weighted by Gasteiger charge is 2.31. The quantitative estimate of drug-likeness (QED) is 0.826. The fourth-order valence-corrected chi connectivity index (χ4v) is 2.36. The third-order valence-electron chi connectivity index (χ3n) is 3.29. The van der Waals surface area contributed by atoms with Crippen LogP contribution in [0, 0.1) is 0 Å². The number of alkyl halides is 3. The van der Waals surface area contributed by atoms with E-state index in [-0.39, 0.29) is 5.75 Å². The SMILES string of the molecule is CCCN1CC=C(c2ccc(OC(F)(F)F)cc2)CC1. The van der Waals surface area contributed by atoms with E-state index >= 15 is 0 Å². The topological polar surface area (TPSA) is 12.5 Å². The Hall–Kier alpha value is -1.49. The lowest BCUT2D eigenvalue weighted by molar-refractivity contribution is -0.274. The van der Waals surface area contributed by atoms with Crippen LogP contribution in [-0.2, 0) is 0 Å². The standard InChI is InChI=1S/C15H18F3NO/c1-2-9-19-10-7-13(8-11-19)12-3-5-14(6-4-12)20-15(16,17)18/h3-7H,2,8-11H2,1H3. The van der Waals surface area contributed by atoms with Gasteiger partial charge in [0.25, 0.3) is 0 Å². The molecule has 0 N–H and O–H groups in total. The van der Waals surface area contributed by atoms with Crippen LogP contribution in [-0.4, -0.2) is 30.9 Å². The van der Waals surface area contributed by atoms with Gasteiger partial charge in [0.2, 0.25) is 0 Å². The monoisotopic (exact) mass is 285 g/mol. The third-order valence-corrected chi connectivity index (χ3v) is 3.29. The Bertz CT molecular complexity index is 465. The lowest BCUT2D eigenvalue weighted by Crippen LogP contribution is -2.29. The van der Waals surface area contributed by atoms with Gasteiger partial charge < -0.3 is 4.74 Å². The molecule has 0 aliphatic carbocycles. The summed E-state index contributed by atoms with van der Waals surface area (Å²) in [6.07, 6.45) is -0.419. The molecule has 0 radical (unpaired) electrons. The second kappa shape index (κ2) is 6.31. The first-order valence-corrected chi connectivity index (χ1v) is 6.75. The van der Waals surface area contributed by atoms with E-state index in [0.29, 0.717) is 0 Å². The molecule has 1 heterocycles. The van der Waals surface area contributed by atoms with E-state index in [2.05, 4.69) is 22.6 Å². The lowest BCUT2D eigenvalue weighted by Gasteiger charge is -2.26. The molecule has 0 aromatic heterocycles. The van der Waals surface area contributed by atoms with Crippen LogP contribution >= 0.6 is 0 Å². The molecule has 1 aliphatic heterocycles. The zero-order valence-corrected chi connectivity index (χ0v) is 11.4. The van der Waals surface area contributed by atoms with E-state index in [4.69, 9.17) is 0 Å². The highest BCUT2D eigenvalue weighted by atomic mass is 19.4. The smallest absolute Gasteiger partial charge is 0.406 e. The second-order valence-electron chi connectivity index (χ2n) is 4.85. The van der Waals surface area contributed by atoms with E-state index in [1.54, 1.807) is 12.1 Å². The van der Waals surface area contributed by atoms with Crippen LogP contribution in [0.4, 0.5) is 13.2 Å². The fraction of sp³-hybridized carbons (Fsp3) is 0.467. The highest BCUT2D eigenvalue weighted by molar-refractivity contribution is 5.67. The average Bonchev–Trinajstić information content (AvgIpc) is 2.39. The van der Waals surface area contributed by atoms with Crippen LogP contribution in [0.25, 0.3) is 5.57 Å². The maximum atomic E-state index is 12.1. The van der Waals surface area contributed by atoms with Crippen molar-refractivity contribution in [3.8, 4) is 5.75 Å². The molecule has 2 rings (SSSR count). The summed E-state index contributed by atoms with van der Waals surface area (Å²) in [6.45, 7) is 5.14. The van der Waals surface area contributed by atoms with Crippen molar-refractivity contribution in [3.63, 3.8) is 0 Å².